The third kappa shape index (κ3) is 13.1. The van der Waals surface area contributed by atoms with Crippen molar-refractivity contribution in [2.75, 3.05) is 19.8 Å². The Hall–Kier alpha value is -1.26. The lowest BCUT2D eigenvalue weighted by Gasteiger charge is -2.32. The van der Waals surface area contributed by atoms with E-state index in [4.69, 9.17) is 9.47 Å². The lowest BCUT2D eigenvalue weighted by molar-refractivity contribution is -0.146. The van der Waals surface area contributed by atoms with Gasteiger partial charge in [0.15, 0.2) is 0 Å². The fraction of sp³-hybridized carbons (Fsp3) is 0.920. The zero-order chi connectivity index (χ0) is 22.8. The first-order chi connectivity index (χ1) is 14.4. The number of esters is 1. The summed E-state index contributed by atoms with van der Waals surface area (Å²) < 4.78 is 11.1. The van der Waals surface area contributed by atoms with Gasteiger partial charge in [0, 0.05) is 12.6 Å². The number of rotatable bonds is 18. The second kappa shape index (κ2) is 18.5. The zero-order valence-electron chi connectivity index (χ0n) is 20.7. The smallest absolute Gasteiger partial charge is 0.410 e. The van der Waals surface area contributed by atoms with Crippen LogP contribution in [0.25, 0.3) is 0 Å². The van der Waals surface area contributed by atoms with Crippen molar-refractivity contribution in [1.29, 1.82) is 0 Å². The van der Waals surface area contributed by atoms with Crippen molar-refractivity contribution in [3.05, 3.63) is 0 Å². The normalized spacial score (nSPS) is 14.1. The van der Waals surface area contributed by atoms with E-state index in [-0.39, 0.29) is 24.0 Å². The van der Waals surface area contributed by atoms with Gasteiger partial charge in [0.25, 0.3) is 0 Å². The van der Waals surface area contributed by atoms with Gasteiger partial charge in [-0.1, -0.05) is 79.6 Å². The van der Waals surface area contributed by atoms with E-state index in [0.717, 1.165) is 44.9 Å². The fourth-order valence-electron chi connectivity index (χ4n) is 3.47. The summed E-state index contributed by atoms with van der Waals surface area (Å²) >= 11 is 0. The number of nitrogens with zero attached hydrogens (tertiary/aromatic N) is 1. The van der Waals surface area contributed by atoms with Crippen LogP contribution < -0.4 is 0 Å². The molecule has 30 heavy (non-hydrogen) atoms. The van der Waals surface area contributed by atoms with Crippen LogP contribution in [0.1, 0.15) is 112 Å². The first kappa shape index (κ1) is 28.7. The van der Waals surface area contributed by atoms with Crippen LogP contribution >= 0.6 is 0 Å². The van der Waals surface area contributed by atoms with Crippen LogP contribution in [0, 0.1) is 11.8 Å². The van der Waals surface area contributed by atoms with Crippen LogP contribution in [0.15, 0.2) is 0 Å². The molecule has 0 heterocycles. The predicted molar refractivity (Wildman–Crippen MR) is 125 cm³/mol. The largest absolute Gasteiger partial charge is 0.465 e. The van der Waals surface area contributed by atoms with Gasteiger partial charge in [-0.15, -0.1) is 0 Å². The Morgan fingerprint density at radius 2 is 1.50 bits per heavy atom. The summed E-state index contributed by atoms with van der Waals surface area (Å²) in [6, 6.07) is -0.0598. The molecule has 0 fully saturated rings. The first-order valence-corrected chi connectivity index (χ1v) is 12.5. The highest BCUT2D eigenvalue weighted by molar-refractivity contribution is 5.70. The van der Waals surface area contributed by atoms with Crippen LogP contribution in [0.5, 0.6) is 0 Å². The minimum absolute atomic E-state index is 0.0260. The van der Waals surface area contributed by atoms with E-state index >= 15 is 0 Å². The van der Waals surface area contributed by atoms with Crippen molar-refractivity contribution in [2.45, 2.75) is 118 Å². The Bertz CT molecular complexity index is 441. The van der Waals surface area contributed by atoms with Gasteiger partial charge in [-0.05, 0) is 38.0 Å². The molecule has 0 bridgehead atoms. The molecule has 0 saturated carbocycles. The molecule has 0 spiro atoms. The molecule has 0 radical (unpaired) electrons. The van der Waals surface area contributed by atoms with Crippen molar-refractivity contribution < 1.29 is 19.1 Å². The van der Waals surface area contributed by atoms with E-state index in [1.54, 1.807) is 0 Å². The number of hydrogen-bond acceptors (Lipinski definition) is 4. The molecule has 0 N–H and O–H groups in total. The van der Waals surface area contributed by atoms with Crippen molar-refractivity contribution >= 4 is 12.1 Å². The molecule has 0 aromatic rings. The number of carbonyl (C=O) groups excluding carboxylic acids is 2. The van der Waals surface area contributed by atoms with Crippen molar-refractivity contribution in [3.8, 4) is 0 Å². The Morgan fingerprint density at radius 3 is 2.10 bits per heavy atom. The van der Waals surface area contributed by atoms with Gasteiger partial charge in [0.05, 0.1) is 19.6 Å². The fourth-order valence-corrected chi connectivity index (χ4v) is 3.47. The van der Waals surface area contributed by atoms with E-state index in [1.165, 1.54) is 19.3 Å². The average molecular weight is 428 g/mol. The van der Waals surface area contributed by atoms with E-state index in [1.807, 2.05) is 18.7 Å². The maximum absolute atomic E-state index is 12.7. The Kier molecular flexibility index (Phi) is 17.7. The van der Waals surface area contributed by atoms with Gasteiger partial charge in [0.1, 0.15) is 0 Å². The van der Waals surface area contributed by atoms with Crippen LogP contribution in [-0.2, 0) is 14.3 Å². The molecule has 0 aliphatic heterocycles. The molecule has 0 aliphatic rings. The topological polar surface area (TPSA) is 55.8 Å². The minimum atomic E-state index is -0.252. The van der Waals surface area contributed by atoms with E-state index in [9.17, 15) is 9.59 Å². The summed E-state index contributed by atoms with van der Waals surface area (Å²) in [5.41, 5.74) is 0. The van der Waals surface area contributed by atoms with E-state index in [2.05, 4.69) is 27.7 Å². The molecule has 5 heteroatoms. The highest BCUT2D eigenvalue weighted by Crippen LogP contribution is 2.19. The zero-order valence-corrected chi connectivity index (χ0v) is 20.7. The number of hydrogen-bond donors (Lipinski definition) is 0. The molecule has 3 atom stereocenters. The van der Waals surface area contributed by atoms with Crippen LogP contribution in [0.4, 0.5) is 4.79 Å². The monoisotopic (exact) mass is 427 g/mol. The maximum atomic E-state index is 12.7. The van der Waals surface area contributed by atoms with Gasteiger partial charge in [-0.3, -0.25) is 4.79 Å². The standard InChI is InChI=1S/C25H49NO4/c1-7-11-14-15-17-26(25(28)29-18-13-9-3)22(6)21(5)19-24(27)30-20-23(10-4)16-12-8-2/h21-23H,7-20H2,1-6H3. The first-order valence-electron chi connectivity index (χ1n) is 12.5. The number of amides is 1. The Morgan fingerprint density at radius 1 is 0.833 bits per heavy atom. The van der Waals surface area contributed by atoms with Gasteiger partial charge in [0.2, 0.25) is 0 Å². The highest BCUT2D eigenvalue weighted by atomic mass is 16.6. The Labute approximate surface area is 186 Å². The second-order valence-corrected chi connectivity index (χ2v) is 8.74. The lowest BCUT2D eigenvalue weighted by atomic mass is 9.98. The van der Waals surface area contributed by atoms with Crippen molar-refractivity contribution in [1.82, 2.24) is 4.90 Å². The SMILES string of the molecule is CCCCCCN(C(=O)OCCCC)C(C)C(C)CC(=O)OCC(CC)CCCC. The summed E-state index contributed by atoms with van der Waals surface area (Å²) in [4.78, 5) is 26.9. The highest BCUT2D eigenvalue weighted by Gasteiger charge is 2.27. The summed E-state index contributed by atoms with van der Waals surface area (Å²) in [6.07, 6.45) is 10.9. The molecule has 0 aromatic carbocycles. The molecule has 3 unspecified atom stereocenters. The molecule has 1 amide bonds. The third-order valence-electron chi connectivity index (χ3n) is 6.04. The van der Waals surface area contributed by atoms with Gasteiger partial charge >= 0.3 is 12.1 Å². The average Bonchev–Trinajstić information content (AvgIpc) is 2.73. The third-order valence-corrected chi connectivity index (χ3v) is 6.04. The molecule has 5 nitrogen and oxygen atoms in total. The number of carbonyl (C=O) groups is 2. The van der Waals surface area contributed by atoms with E-state index in [0.29, 0.717) is 32.1 Å². The number of unbranched alkanes of at least 4 members (excludes halogenated alkanes) is 5. The summed E-state index contributed by atoms with van der Waals surface area (Å²) in [7, 11) is 0. The summed E-state index contributed by atoms with van der Waals surface area (Å²) in [5.74, 6) is 0.318. The molecule has 0 aliphatic carbocycles. The van der Waals surface area contributed by atoms with Gasteiger partial charge in [-0.25, -0.2) is 4.79 Å². The molecule has 0 saturated heterocycles. The van der Waals surface area contributed by atoms with E-state index < -0.39 is 0 Å². The lowest BCUT2D eigenvalue weighted by Crippen LogP contribution is -2.43. The van der Waals surface area contributed by atoms with Gasteiger partial charge in [-0.2, -0.15) is 0 Å². The number of ether oxygens (including phenoxy) is 2. The quantitative estimate of drug-likeness (QED) is 0.175. The molecular formula is C25H49NO4. The molecule has 178 valence electrons. The molecular weight excluding hydrogens is 378 g/mol. The molecule has 0 aromatic heterocycles. The summed E-state index contributed by atoms with van der Waals surface area (Å²) in [6.45, 7) is 14.3. The molecule has 0 rings (SSSR count). The minimum Gasteiger partial charge on any atom is -0.465 e. The van der Waals surface area contributed by atoms with Crippen molar-refractivity contribution in [2.24, 2.45) is 11.8 Å². The Balaban J connectivity index is 4.70. The van der Waals surface area contributed by atoms with Gasteiger partial charge < -0.3 is 14.4 Å². The second-order valence-electron chi connectivity index (χ2n) is 8.74. The van der Waals surface area contributed by atoms with Crippen LogP contribution in [-0.4, -0.2) is 42.8 Å². The maximum Gasteiger partial charge on any atom is 0.410 e. The van der Waals surface area contributed by atoms with Crippen molar-refractivity contribution in [3.63, 3.8) is 0 Å². The summed E-state index contributed by atoms with van der Waals surface area (Å²) in [5, 5.41) is 0. The van der Waals surface area contributed by atoms with Crippen LogP contribution in [0.2, 0.25) is 0 Å². The predicted octanol–water partition coefficient (Wildman–Crippen LogP) is 6.98. The van der Waals surface area contributed by atoms with Crippen LogP contribution in [0.3, 0.4) is 0 Å².